The molecule has 1 aromatic heterocycles. The number of halogens is 2. The molecule has 0 radical (unpaired) electrons. The predicted molar refractivity (Wildman–Crippen MR) is 64.9 cm³/mol. The molecule has 2 aromatic rings. The molecule has 0 fully saturated rings. The first-order chi connectivity index (χ1) is 7.58. The number of hydrogen-bond acceptors (Lipinski definition) is 1. The molecule has 2 nitrogen and oxygen atoms in total. The van der Waals surface area contributed by atoms with E-state index in [1.807, 2.05) is 0 Å². The lowest BCUT2D eigenvalue weighted by Gasteiger charge is -2.05. The lowest BCUT2D eigenvalue weighted by molar-refractivity contribution is 0.628. The van der Waals surface area contributed by atoms with Gasteiger partial charge < -0.3 is 4.98 Å². The fraction of sp³-hybridized carbons (Fsp3) is 0.0833. The van der Waals surface area contributed by atoms with Gasteiger partial charge in [0, 0.05) is 11.1 Å². The van der Waals surface area contributed by atoms with Crippen molar-refractivity contribution in [3.8, 4) is 11.1 Å². The van der Waals surface area contributed by atoms with Crippen molar-refractivity contribution in [2.75, 3.05) is 0 Å². The van der Waals surface area contributed by atoms with Crippen LogP contribution in [0.4, 0.5) is 4.39 Å². The summed E-state index contributed by atoms with van der Waals surface area (Å²) in [5, 5.41) is 0. The lowest BCUT2D eigenvalue weighted by atomic mass is 10.1. The van der Waals surface area contributed by atoms with E-state index in [1.165, 1.54) is 12.1 Å². The van der Waals surface area contributed by atoms with E-state index in [9.17, 15) is 9.18 Å². The van der Waals surface area contributed by atoms with Crippen LogP contribution in [0.3, 0.4) is 0 Å². The van der Waals surface area contributed by atoms with E-state index >= 15 is 0 Å². The molecule has 4 heteroatoms. The number of hydrogen-bond donors (Lipinski definition) is 1. The Bertz CT molecular complexity index is 575. The largest absolute Gasteiger partial charge is 0.316 e. The molecule has 1 N–H and O–H groups in total. The third kappa shape index (κ3) is 2.07. The summed E-state index contributed by atoms with van der Waals surface area (Å²) in [6, 6.07) is 7.90. The van der Waals surface area contributed by atoms with Crippen LogP contribution < -0.4 is 5.56 Å². The van der Waals surface area contributed by atoms with Gasteiger partial charge in [-0.2, -0.15) is 0 Å². The molecule has 0 unspecified atom stereocenters. The summed E-state index contributed by atoms with van der Waals surface area (Å²) in [7, 11) is 0. The Balaban J connectivity index is 2.60. The molecule has 0 aliphatic carbocycles. The van der Waals surface area contributed by atoms with Crippen molar-refractivity contribution in [3.05, 3.63) is 56.7 Å². The van der Waals surface area contributed by atoms with Crippen LogP contribution in [0.2, 0.25) is 0 Å². The number of rotatable bonds is 1. The first-order valence-electron chi connectivity index (χ1n) is 4.73. The Morgan fingerprint density at radius 2 is 1.88 bits per heavy atom. The highest BCUT2D eigenvalue weighted by Gasteiger charge is 2.06. The normalized spacial score (nSPS) is 10.4. The van der Waals surface area contributed by atoms with E-state index in [2.05, 4.69) is 20.9 Å². The molecule has 0 aliphatic rings. The zero-order valence-electron chi connectivity index (χ0n) is 8.55. The van der Waals surface area contributed by atoms with Gasteiger partial charge >= 0.3 is 0 Å². The molecule has 16 heavy (non-hydrogen) atoms. The number of nitrogens with one attached hydrogen (secondary N) is 1. The second-order valence-electron chi connectivity index (χ2n) is 3.52. The van der Waals surface area contributed by atoms with Crippen molar-refractivity contribution < 1.29 is 4.39 Å². The smallest absolute Gasteiger partial charge is 0.251 e. The van der Waals surface area contributed by atoms with Gasteiger partial charge in [0.1, 0.15) is 5.82 Å². The molecule has 0 atom stereocenters. The first kappa shape index (κ1) is 11.1. The molecule has 1 heterocycles. The first-order valence-corrected chi connectivity index (χ1v) is 5.52. The second-order valence-corrected chi connectivity index (χ2v) is 4.31. The van der Waals surface area contributed by atoms with Gasteiger partial charge in [0.25, 0.3) is 5.56 Å². The van der Waals surface area contributed by atoms with Gasteiger partial charge in [0.05, 0.1) is 4.60 Å². The average Bonchev–Trinajstić information content (AvgIpc) is 2.25. The van der Waals surface area contributed by atoms with Gasteiger partial charge in [-0.1, -0.05) is 12.1 Å². The van der Waals surface area contributed by atoms with Crippen molar-refractivity contribution in [2.45, 2.75) is 6.92 Å². The molecule has 1 aromatic carbocycles. The summed E-state index contributed by atoms with van der Waals surface area (Å²) in [6.07, 6.45) is 0. The quantitative estimate of drug-likeness (QED) is 0.800. The second kappa shape index (κ2) is 4.22. The van der Waals surface area contributed by atoms with Gasteiger partial charge in [-0.05, 0) is 46.6 Å². The van der Waals surface area contributed by atoms with Crippen molar-refractivity contribution >= 4 is 15.9 Å². The van der Waals surface area contributed by atoms with E-state index in [4.69, 9.17) is 0 Å². The Morgan fingerprint density at radius 3 is 2.50 bits per heavy atom. The Kier molecular flexibility index (Phi) is 2.92. The molecular weight excluding hydrogens is 273 g/mol. The summed E-state index contributed by atoms with van der Waals surface area (Å²) < 4.78 is 13.4. The van der Waals surface area contributed by atoms with Crippen LogP contribution in [0.1, 0.15) is 5.56 Å². The molecule has 0 spiro atoms. The molecule has 0 aliphatic heterocycles. The third-order valence-corrected chi connectivity index (χ3v) is 2.96. The number of benzene rings is 1. The minimum Gasteiger partial charge on any atom is -0.316 e. The molecule has 0 saturated heterocycles. The minimum absolute atomic E-state index is 0.127. The highest BCUT2D eigenvalue weighted by Crippen LogP contribution is 2.26. The van der Waals surface area contributed by atoms with E-state index in [-0.39, 0.29) is 11.4 Å². The molecule has 0 amide bonds. The maximum absolute atomic E-state index is 12.8. The van der Waals surface area contributed by atoms with E-state index in [0.29, 0.717) is 10.2 Å². The summed E-state index contributed by atoms with van der Waals surface area (Å²) in [5.74, 6) is -0.277. The maximum Gasteiger partial charge on any atom is 0.251 e. The predicted octanol–water partition coefficient (Wildman–Crippen LogP) is 3.25. The molecule has 2 rings (SSSR count). The summed E-state index contributed by atoms with van der Waals surface area (Å²) in [5.41, 5.74) is 2.20. The maximum atomic E-state index is 12.8. The minimum atomic E-state index is -0.277. The van der Waals surface area contributed by atoms with Crippen molar-refractivity contribution in [2.24, 2.45) is 0 Å². The molecule has 82 valence electrons. The SMILES string of the molecule is Cc1cc(-c2ccc(F)cc2)c(Br)[nH]c1=O. The number of aryl methyl sites for hydroxylation is 1. The number of aromatic nitrogens is 1. The summed E-state index contributed by atoms with van der Waals surface area (Å²) in [4.78, 5) is 14.0. The van der Waals surface area contributed by atoms with Crippen LogP contribution in [0, 0.1) is 12.7 Å². The Morgan fingerprint density at radius 1 is 1.25 bits per heavy atom. The molecule has 0 bridgehead atoms. The van der Waals surface area contributed by atoms with Crippen LogP contribution in [0.25, 0.3) is 11.1 Å². The van der Waals surface area contributed by atoms with Crippen LogP contribution in [0.15, 0.2) is 39.7 Å². The monoisotopic (exact) mass is 281 g/mol. The van der Waals surface area contributed by atoms with Gasteiger partial charge in [-0.15, -0.1) is 0 Å². The molecular formula is C12H9BrFNO. The zero-order chi connectivity index (χ0) is 11.7. The average molecular weight is 282 g/mol. The zero-order valence-corrected chi connectivity index (χ0v) is 10.1. The number of pyridine rings is 1. The van der Waals surface area contributed by atoms with Gasteiger partial charge in [-0.25, -0.2) is 4.39 Å². The van der Waals surface area contributed by atoms with Crippen LogP contribution in [0.5, 0.6) is 0 Å². The fourth-order valence-electron chi connectivity index (χ4n) is 1.45. The topological polar surface area (TPSA) is 32.9 Å². The van der Waals surface area contributed by atoms with E-state index in [1.54, 1.807) is 25.1 Å². The number of H-pyrrole nitrogens is 1. The Labute approximate surface area is 100 Å². The third-order valence-electron chi connectivity index (χ3n) is 2.33. The fourth-order valence-corrected chi connectivity index (χ4v) is 1.97. The van der Waals surface area contributed by atoms with Crippen LogP contribution in [-0.2, 0) is 0 Å². The van der Waals surface area contributed by atoms with Gasteiger partial charge in [0.2, 0.25) is 0 Å². The highest BCUT2D eigenvalue weighted by atomic mass is 79.9. The van der Waals surface area contributed by atoms with Crippen molar-refractivity contribution in [3.63, 3.8) is 0 Å². The Hall–Kier alpha value is -1.42. The van der Waals surface area contributed by atoms with Crippen molar-refractivity contribution in [1.82, 2.24) is 4.98 Å². The molecule has 0 saturated carbocycles. The van der Waals surface area contributed by atoms with Crippen LogP contribution in [-0.4, -0.2) is 4.98 Å². The van der Waals surface area contributed by atoms with Gasteiger partial charge in [0.15, 0.2) is 0 Å². The summed E-state index contributed by atoms with van der Waals surface area (Å²) in [6.45, 7) is 1.73. The van der Waals surface area contributed by atoms with E-state index in [0.717, 1.165) is 11.1 Å². The lowest BCUT2D eigenvalue weighted by Crippen LogP contribution is -2.09. The summed E-state index contributed by atoms with van der Waals surface area (Å²) >= 11 is 3.29. The van der Waals surface area contributed by atoms with Crippen molar-refractivity contribution in [1.29, 1.82) is 0 Å². The van der Waals surface area contributed by atoms with E-state index < -0.39 is 0 Å². The van der Waals surface area contributed by atoms with Crippen LogP contribution >= 0.6 is 15.9 Å². The standard InChI is InChI=1S/C12H9BrFNO/c1-7-6-10(11(13)15-12(7)16)8-2-4-9(14)5-3-8/h2-6H,1H3,(H,15,16). The highest BCUT2D eigenvalue weighted by molar-refractivity contribution is 9.10. The van der Waals surface area contributed by atoms with Gasteiger partial charge in [-0.3, -0.25) is 4.79 Å². The number of aromatic amines is 1.